The molecule has 23 heteroatoms. The number of esters is 4. The molecule has 2 unspecified atom stereocenters. The van der Waals surface area contributed by atoms with Crippen molar-refractivity contribution in [1.29, 1.82) is 0 Å². The summed E-state index contributed by atoms with van der Waals surface area (Å²) in [7, 11) is -8.40. The fourth-order valence-electron chi connectivity index (χ4n) is 8.48. The molecule has 6 aromatic rings. The van der Waals surface area contributed by atoms with Gasteiger partial charge >= 0.3 is 23.9 Å². The van der Waals surface area contributed by atoms with Crippen LogP contribution in [0.2, 0.25) is 0 Å². The third-order valence-corrected chi connectivity index (χ3v) is 16.0. The number of rotatable bonds is 34. The first-order chi connectivity index (χ1) is 37.7. The Morgan fingerprint density at radius 2 is 0.833 bits per heavy atom. The second-order valence-electron chi connectivity index (χ2n) is 18.1. The van der Waals surface area contributed by atoms with E-state index in [9.17, 15) is 24.0 Å². The summed E-state index contributed by atoms with van der Waals surface area (Å²) in [4.78, 5) is 78.6. The molecule has 418 valence electrons. The number of aromatic amines is 1. The van der Waals surface area contributed by atoms with E-state index in [4.69, 9.17) is 28.4 Å². The number of nitrogens with one attached hydrogen (secondary N) is 5. The van der Waals surface area contributed by atoms with Gasteiger partial charge in [-0.25, -0.2) is 30.3 Å². The van der Waals surface area contributed by atoms with E-state index in [1.807, 2.05) is 121 Å². The lowest BCUT2D eigenvalue weighted by Gasteiger charge is -2.30. The van der Waals surface area contributed by atoms with Gasteiger partial charge in [-0.05, 0) is 75.6 Å². The Kier molecular flexibility index (Phi) is 24.1. The lowest BCUT2D eigenvalue weighted by molar-refractivity contribution is -0.146. The number of hydrogen-bond acceptors (Lipinski definition) is 15. The van der Waals surface area contributed by atoms with E-state index in [1.165, 1.54) is 12.7 Å². The van der Waals surface area contributed by atoms with Gasteiger partial charge in [0, 0.05) is 12.5 Å². The smallest absolute Gasteiger partial charge is 0.323 e. The zero-order chi connectivity index (χ0) is 55.8. The lowest BCUT2D eigenvalue weighted by Crippen LogP contribution is -2.46. The molecule has 0 amide bonds. The Labute approximate surface area is 453 Å². The van der Waals surface area contributed by atoms with Crippen molar-refractivity contribution in [1.82, 2.24) is 39.9 Å². The molecule has 2 aromatic heterocycles. The minimum absolute atomic E-state index is 0.0289. The van der Waals surface area contributed by atoms with Gasteiger partial charge in [0.2, 0.25) is 14.9 Å². The van der Waals surface area contributed by atoms with Gasteiger partial charge in [-0.3, -0.25) is 33.1 Å². The molecule has 0 spiro atoms. The summed E-state index contributed by atoms with van der Waals surface area (Å²) >= 11 is 0. The molecule has 0 saturated carbocycles. The van der Waals surface area contributed by atoms with E-state index in [0.717, 1.165) is 22.3 Å². The van der Waals surface area contributed by atoms with Crippen molar-refractivity contribution in [3.8, 4) is 0 Å². The summed E-state index contributed by atoms with van der Waals surface area (Å²) in [6, 6.07) is 31.6. The van der Waals surface area contributed by atoms with Crippen molar-refractivity contribution in [2.45, 2.75) is 84.1 Å². The fourth-order valence-corrected chi connectivity index (χ4v) is 12.5. The third-order valence-electron chi connectivity index (χ3n) is 12.0. The largest absolute Gasteiger partial charge is 0.465 e. The summed E-state index contributed by atoms with van der Waals surface area (Å²) < 4.78 is 67.3. The van der Waals surface area contributed by atoms with Gasteiger partial charge < -0.3 is 38.0 Å². The Bertz CT molecular complexity index is 2680. The molecule has 5 N–H and O–H groups in total. The number of nitrogens with zero attached hydrogens (tertiary/aromatic N) is 3. The lowest BCUT2D eigenvalue weighted by atomic mass is 10.1. The molecule has 21 nitrogen and oxygen atoms in total. The number of ether oxygens (including phenoxy) is 6. The number of carbonyl (C=O) groups excluding carboxylic acids is 4. The van der Waals surface area contributed by atoms with Crippen LogP contribution in [0.3, 0.4) is 0 Å². The van der Waals surface area contributed by atoms with Crippen LogP contribution in [-0.2, 0) is 89.0 Å². The highest BCUT2D eigenvalue weighted by Crippen LogP contribution is 2.41. The van der Waals surface area contributed by atoms with Gasteiger partial charge in [0.05, 0.1) is 52.3 Å². The first kappa shape index (κ1) is 60.6. The Morgan fingerprint density at radius 3 is 1.14 bits per heavy atom. The van der Waals surface area contributed by atoms with Crippen molar-refractivity contribution >= 4 is 49.9 Å². The van der Waals surface area contributed by atoms with Crippen LogP contribution in [0.4, 0.5) is 0 Å². The van der Waals surface area contributed by atoms with Crippen molar-refractivity contribution in [2.24, 2.45) is 5.92 Å². The molecule has 0 radical (unpaired) electrons. The molecule has 0 fully saturated rings. The van der Waals surface area contributed by atoms with Gasteiger partial charge in [0.15, 0.2) is 11.2 Å². The fraction of sp³-hybridized carbons (Fsp3) is 0.400. The van der Waals surface area contributed by atoms with Crippen LogP contribution in [0.25, 0.3) is 11.2 Å². The van der Waals surface area contributed by atoms with Crippen molar-refractivity contribution in [3.05, 3.63) is 167 Å². The minimum Gasteiger partial charge on any atom is -0.465 e. The third kappa shape index (κ3) is 19.1. The van der Waals surface area contributed by atoms with Crippen LogP contribution in [0.1, 0.15) is 49.9 Å². The highest BCUT2D eigenvalue weighted by atomic mass is 31.2. The molecule has 0 bridgehead atoms. The zero-order valence-electron chi connectivity index (χ0n) is 44.3. The number of aromatic nitrogens is 4. The van der Waals surface area contributed by atoms with Crippen LogP contribution < -0.4 is 25.9 Å². The van der Waals surface area contributed by atoms with Crippen molar-refractivity contribution in [3.63, 3.8) is 0 Å². The zero-order valence-corrected chi connectivity index (χ0v) is 46.1. The Hall–Kier alpha value is -6.67. The topological polar surface area (TPSA) is 269 Å². The van der Waals surface area contributed by atoms with Gasteiger partial charge in [0.25, 0.3) is 5.56 Å². The van der Waals surface area contributed by atoms with Crippen molar-refractivity contribution in [2.75, 3.05) is 52.3 Å². The molecule has 0 aliphatic rings. The van der Waals surface area contributed by atoms with Gasteiger partial charge in [-0.15, -0.1) is 0 Å². The van der Waals surface area contributed by atoms with Crippen LogP contribution in [0.5, 0.6) is 0 Å². The van der Waals surface area contributed by atoms with E-state index in [2.05, 4.69) is 35.3 Å². The summed E-state index contributed by atoms with van der Waals surface area (Å²) in [5, 5.41) is 12.0. The number of benzene rings is 4. The van der Waals surface area contributed by atoms with Gasteiger partial charge in [0.1, 0.15) is 36.9 Å². The molecule has 0 aliphatic carbocycles. The maximum absolute atomic E-state index is 15.6. The van der Waals surface area contributed by atoms with E-state index in [1.54, 1.807) is 32.3 Å². The second kappa shape index (κ2) is 31.1. The summed E-state index contributed by atoms with van der Waals surface area (Å²) in [5.41, 5.74) is 2.78. The van der Waals surface area contributed by atoms with Gasteiger partial charge in [-0.2, -0.15) is 0 Å². The predicted molar refractivity (Wildman–Crippen MR) is 293 cm³/mol. The average Bonchev–Trinajstić information content (AvgIpc) is 3.86. The number of hydrogen-bond donors (Lipinski definition) is 5. The maximum Gasteiger partial charge on any atom is 0.323 e. The normalized spacial score (nSPS) is 14.3. The maximum atomic E-state index is 15.6. The van der Waals surface area contributed by atoms with Crippen LogP contribution in [0.15, 0.2) is 139 Å². The van der Waals surface area contributed by atoms with E-state index in [0.29, 0.717) is 0 Å². The number of imidazole rings is 1. The monoisotopic (exact) mass is 1110 g/mol. The molecular weight excluding hydrogens is 1040 g/mol. The Balaban J connectivity index is 1.33. The molecule has 78 heavy (non-hydrogen) atoms. The molecule has 6 rings (SSSR count). The average molecular weight is 1110 g/mol. The Morgan fingerprint density at radius 1 is 0.513 bits per heavy atom. The van der Waals surface area contributed by atoms with E-state index >= 15 is 9.13 Å². The van der Waals surface area contributed by atoms with E-state index < -0.39 is 87.1 Å². The number of H-pyrrole nitrogens is 1. The predicted octanol–water partition coefficient (Wildman–Crippen LogP) is 6.13. The molecule has 0 aliphatic heterocycles. The molecule has 6 atom stereocenters. The quantitative estimate of drug-likeness (QED) is 0.0173. The van der Waals surface area contributed by atoms with Crippen molar-refractivity contribution < 1.29 is 56.7 Å². The first-order valence-electron chi connectivity index (χ1n) is 25.9. The van der Waals surface area contributed by atoms with E-state index in [-0.39, 0.29) is 83.0 Å². The summed E-state index contributed by atoms with van der Waals surface area (Å²) in [6.45, 7) is 6.35. The molecule has 2 heterocycles. The minimum atomic E-state index is -4.20. The SMILES string of the molecule is CCOC(=O)[C@H](Cc1ccccc1)NP(=O)(COCC(COCP(=O)(N[C@H](Cc1ccccc1)C(=O)OCC)N[C@H](Cc1ccccc1)C(=O)OCC)Cn1cnc2c(=O)[nH]cnc21)N[C@H](Cc1ccccc1)C(=O)OCC. The highest BCUT2D eigenvalue weighted by molar-refractivity contribution is 7.60. The standard InChI is InChI=1S/C55H70N8O13P2/c1-5-73-52(65)45(29-40-21-13-9-14-22-40)59-77(69,60-46(53(66)74-6-2)30-41-23-15-10-16-24-41)38-71-34-44(33-63-37-58-49-50(63)56-36-57-51(49)64)35-72-39-78(70,61-47(54(67)75-7-3)31-42-25-17-11-18-26-42)62-48(55(68)76-8-4)32-43-27-19-12-20-28-43/h9-28,36-37,44-48H,5-8,29-35,38-39H2,1-4H3,(H,56,57,64)(H2,59,60,69)(H2,61,62,70)/t44?,45-,46-,47-,48+,78?/m1/s1. The molecule has 0 saturated heterocycles. The number of fused-ring (bicyclic) bond motifs is 1. The van der Waals surface area contributed by atoms with Crippen LogP contribution in [-0.4, -0.2) is 120 Å². The second-order valence-corrected chi connectivity index (χ2v) is 22.6. The van der Waals surface area contributed by atoms with Crippen LogP contribution >= 0.6 is 14.9 Å². The van der Waals surface area contributed by atoms with Gasteiger partial charge in [-0.1, -0.05) is 121 Å². The summed E-state index contributed by atoms with van der Waals surface area (Å²) in [6.07, 6.45) is 1.74. The first-order valence-corrected chi connectivity index (χ1v) is 29.7. The molecule has 4 aromatic carbocycles. The number of carbonyl (C=O) groups is 4. The van der Waals surface area contributed by atoms with Crippen LogP contribution in [0, 0.1) is 5.92 Å². The summed E-state index contributed by atoms with van der Waals surface area (Å²) in [5.74, 6) is -3.47. The molecular formula is C55H70N8O13P2. The highest BCUT2D eigenvalue weighted by Gasteiger charge is 2.38.